The lowest BCUT2D eigenvalue weighted by molar-refractivity contribution is -0.134. The zero-order valence-electron chi connectivity index (χ0n) is 34.2. The third-order valence-electron chi connectivity index (χ3n) is 12.2. The number of imide groups is 2. The maximum atomic E-state index is 13.6. The van der Waals surface area contributed by atoms with Crippen molar-refractivity contribution in [2.24, 2.45) is 7.05 Å². The largest absolute Gasteiger partial charge is 0.378 e. The van der Waals surface area contributed by atoms with E-state index in [2.05, 4.69) is 39.4 Å². The molecule has 3 atom stereocenters. The fourth-order valence-corrected chi connectivity index (χ4v) is 10.5. The number of aromatic nitrogens is 2. The first kappa shape index (κ1) is 42.6. The molecule has 314 valence electrons. The van der Waals surface area contributed by atoms with E-state index >= 15 is 0 Å². The summed E-state index contributed by atoms with van der Waals surface area (Å²) in [4.78, 5) is 71.9. The second kappa shape index (κ2) is 17.6. The Morgan fingerprint density at radius 2 is 1.80 bits per heavy atom. The number of piperazine rings is 1. The Morgan fingerprint density at radius 1 is 1.07 bits per heavy atom. The monoisotopic (exact) mass is 845 g/mol. The van der Waals surface area contributed by atoms with Gasteiger partial charge in [-0.3, -0.25) is 34.1 Å². The third-order valence-corrected chi connectivity index (χ3v) is 13.5. The van der Waals surface area contributed by atoms with E-state index < -0.39 is 11.5 Å². The average molecular weight is 846 g/mol. The molecule has 17 heteroatoms. The van der Waals surface area contributed by atoms with Gasteiger partial charge < -0.3 is 19.9 Å². The highest BCUT2D eigenvalue weighted by Crippen LogP contribution is 2.41. The van der Waals surface area contributed by atoms with Crippen molar-refractivity contribution in [2.75, 3.05) is 38.1 Å². The first-order valence-corrected chi connectivity index (χ1v) is 21.6. The van der Waals surface area contributed by atoms with E-state index in [-0.39, 0.29) is 71.9 Å². The number of nitriles is 1. The van der Waals surface area contributed by atoms with Crippen LogP contribution in [0.4, 0.5) is 10.5 Å². The number of aryl methyl sites for hydroxylation is 1. The molecule has 1 unspecified atom stereocenters. The Labute approximate surface area is 353 Å². The van der Waals surface area contributed by atoms with E-state index in [1.807, 2.05) is 24.3 Å². The zero-order chi connectivity index (χ0) is 42.2. The summed E-state index contributed by atoms with van der Waals surface area (Å²) in [5.74, 6) is -1.54. The van der Waals surface area contributed by atoms with Crippen LogP contribution < -0.4 is 10.6 Å². The summed E-state index contributed by atoms with van der Waals surface area (Å²) in [7, 11) is 1.79. The standard InChI is InChI=1S/C42H52ClN9O6S/c1-25-22-49(23-26(2)50(25)24-36(54)45-34-9-6-8-31-37(47-48(5)38(31)34)32-16-17-35(53)46-39(32)55)18-7-19-58-29-13-11-28(12-14-29)51-41(57)52(40(56)42(51,3)4)59-30-15-10-27(21-44)33(43)20-30/h6,8-10,15,20,25-26,28-29,32H,7,11-14,16-19,22-24H2,1-5H3,(H,45,54)(H,46,53,55)/t25-,26+,28?,29?,32?. The number of benzene rings is 2. The molecule has 2 aromatic carbocycles. The van der Waals surface area contributed by atoms with E-state index in [1.54, 1.807) is 48.7 Å². The van der Waals surface area contributed by atoms with E-state index in [4.69, 9.17) is 16.3 Å². The van der Waals surface area contributed by atoms with Crippen molar-refractivity contribution in [3.8, 4) is 6.07 Å². The molecule has 4 fully saturated rings. The number of piperidine rings is 1. The van der Waals surface area contributed by atoms with Gasteiger partial charge in [-0.1, -0.05) is 23.7 Å². The SMILES string of the molecule is C[C@@H]1CN(CCCOC2CCC(N3C(=O)N(Sc4ccc(C#N)c(Cl)c4)C(=O)C3(C)C)CC2)C[C@H](C)N1CC(=O)Nc1cccc2c(C3CCC(=O)NC3=O)nn(C)c12. The normalized spacial score (nSPS) is 25.4. The molecule has 4 heterocycles. The highest BCUT2D eigenvalue weighted by molar-refractivity contribution is 7.98. The first-order chi connectivity index (χ1) is 28.2. The molecule has 1 aliphatic carbocycles. The summed E-state index contributed by atoms with van der Waals surface area (Å²) in [6, 6.07) is 12.4. The van der Waals surface area contributed by atoms with Crippen LogP contribution in [0.15, 0.2) is 41.3 Å². The molecule has 0 spiro atoms. The van der Waals surface area contributed by atoms with Crippen LogP contribution in [0.5, 0.6) is 0 Å². The summed E-state index contributed by atoms with van der Waals surface area (Å²) in [5, 5.41) is 20.4. The number of carbonyl (C=O) groups is 5. The fraction of sp³-hybridized carbons (Fsp3) is 0.548. The number of nitrogens with zero attached hydrogens (tertiary/aromatic N) is 7. The molecular formula is C42H52ClN9O6S. The number of nitrogens with one attached hydrogen (secondary N) is 2. The van der Waals surface area contributed by atoms with Gasteiger partial charge in [0.2, 0.25) is 17.7 Å². The van der Waals surface area contributed by atoms with Gasteiger partial charge in [0, 0.05) is 68.1 Å². The number of amides is 6. The van der Waals surface area contributed by atoms with Crippen molar-refractivity contribution in [1.82, 2.24) is 34.1 Å². The van der Waals surface area contributed by atoms with Crippen LogP contribution in [-0.4, -0.2) is 121 Å². The number of carbonyl (C=O) groups excluding carboxylic acids is 5. The minimum Gasteiger partial charge on any atom is -0.378 e. The van der Waals surface area contributed by atoms with Crippen molar-refractivity contribution in [3.05, 3.63) is 52.7 Å². The Hall–Kier alpha value is -4.53. The summed E-state index contributed by atoms with van der Waals surface area (Å²) in [6.07, 6.45) is 4.76. The van der Waals surface area contributed by atoms with Crippen molar-refractivity contribution in [2.45, 2.75) is 113 Å². The predicted octanol–water partition coefficient (Wildman–Crippen LogP) is 5.42. The lowest BCUT2D eigenvalue weighted by atomic mass is 9.89. The Kier molecular flexibility index (Phi) is 12.7. The van der Waals surface area contributed by atoms with Gasteiger partial charge >= 0.3 is 6.03 Å². The number of ether oxygens (including phenoxy) is 1. The van der Waals surface area contributed by atoms with E-state index in [0.29, 0.717) is 34.9 Å². The minimum atomic E-state index is -0.985. The molecule has 6 amide bonds. The van der Waals surface area contributed by atoms with Crippen molar-refractivity contribution >= 4 is 69.8 Å². The van der Waals surface area contributed by atoms with E-state index in [1.165, 1.54) is 4.31 Å². The molecule has 3 aliphatic heterocycles. The van der Waals surface area contributed by atoms with Gasteiger partial charge in [-0.15, -0.1) is 0 Å². The quantitative estimate of drug-likeness (QED) is 0.103. The van der Waals surface area contributed by atoms with Gasteiger partial charge in [0.15, 0.2) is 0 Å². The van der Waals surface area contributed by atoms with Crippen LogP contribution >= 0.6 is 23.5 Å². The highest BCUT2D eigenvalue weighted by atomic mass is 35.5. The van der Waals surface area contributed by atoms with Crippen LogP contribution in [0, 0.1) is 11.3 Å². The molecule has 1 aromatic heterocycles. The van der Waals surface area contributed by atoms with Crippen molar-refractivity contribution < 1.29 is 28.7 Å². The maximum Gasteiger partial charge on any atom is 0.338 e. The van der Waals surface area contributed by atoms with Crippen LogP contribution in [0.2, 0.25) is 5.02 Å². The number of rotatable bonds is 12. The van der Waals surface area contributed by atoms with Gasteiger partial charge in [0.05, 0.1) is 46.1 Å². The average Bonchev–Trinajstić information content (AvgIpc) is 3.61. The van der Waals surface area contributed by atoms with Crippen molar-refractivity contribution in [1.29, 1.82) is 5.26 Å². The van der Waals surface area contributed by atoms with Gasteiger partial charge in [-0.25, -0.2) is 4.79 Å². The topological polar surface area (TPSA) is 173 Å². The molecule has 0 radical (unpaired) electrons. The highest BCUT2D eigenvalue weighted by Gasteiger charge is 2.54. The molecule has 0 bridgehead atoms. The maximum absolute atomic E-state index is 13.6. The number of halogens is 1. The molecule has 2 N–H and O–H groups in total. The van der Waals surface area contributed by atoms with Crippen LogP contribution in [0.25, 0.3) is 10.9 Å². The number of fused-ring (bicyclic) bond motifs is 1. The molecule has 7 rings (SSSR count). The number of hydrogen-bond acceptors (Lipinski definition) is 11. The number of anilines is 1. The van der Waals surface area contributed by atoms with E-state index in [0.717, 1.165) is 74.6 Å². The molecule has 4 aliphatic rings. The molecule has 3 aromatic rings. The summed E-state index contributed by atoms with van der Waals surface area (Å²) < 4.78 is 9.24. The van der Waals surface area contributed by atoms with Crippen LogP contribution in [0.1, 0.15) is 89.8 Å². The summed E-state index contributed by atoms with van der Waals surface area (Å²) in [6.45, 7) is 11.3. The summed E-state index contributed by atoms with van der Waals surface area (Å²) >= 11 is 7.24. The zero-order valence-corrected chi connectivity index (χ0v) is 35.8. The van der Waals surface area contributed by atoms with Gasteiger partial charge in [0.25, 0.3) is 5.91 Å². The number of hydrogen-bond donors (Lipinski definition) is 2. The van der Waals surface area contributed by atoms with E-state index in [9.17, 15) is 29.2 Å². The minimum absolute atomic E-state index is 0.0699. The first-order valence-electron chi connectivity index (χ1n) is 20.4. The van der Waals surface area contributed by atoms with Gasteiger partial charge in [-0.05, 0) is 102 Å². The second-order valence-corrected chi connectivity index (χ2v) is 18.1. The second-order valence-electron chi connectivity index (χ2n) is 16.7. The van der Waals surface area contributed by atoms with Crippen molar-refractivity contribution in [3.63, 3.8) is 0 Å². The Balaban J connectivity index is 0.843. The lowest BCUT2D eigenvalue weighted by Crippen LogP contribution is -2.58. The molecule has 3 saturated heterocycles. The summed E-state index contributed by atoms with van der Waals surface area (Å²) in [5.41, 5.74) is 1.32. The lowest BCUT2D eigenvalue weighted by Gasteiger charge is -2.44. The van der Waals surface area contributed by atoms with Crippen LogP contribution in [-0.2, 0) is 31.0 Å². The third kappa shape index (κ3) is 8.86. The number of para-hydroxylation sites is 1. The van der Waals surface area contributed by atoms with Gasteiger partial charge in [0.1, 0.15) is 11.6 Å². The Bertz CT molecular complexity index is 2170. The van der Waals surface area contributed by atoms with Crippen LogP contribution in [0.3, 0.4) is 0 Å². The molecule has 15 nitrogen and oxygen atoms in total. The smallest absolute Gasteiger partial charge is 0.338 e. The number of urea groups is 1. The Morgan fingerprint density at radius 3 is 2.47 bits per heavy atom. The fourth-order valence-electron chi connectivity index (χ4n) is 9.22. The molecule has 59 heavy (non-hydrogen) atoms. The molecule has 1 saturated carbocycles. The predicted molar refractivity (Wildman–Crippen MR) is 223 cm³/mol. The molecular weight excluding hydrogens is 794 g/mol. The van der Waals surface area contributed by atoms with Gasteiger partial charge in [-0.2, -0.15) is 14.7 Å².